The Hall–Kier alpha value is -0.900. The van der Waals surface area contributed by atoms with Crippen LogP contribution in [0.3, 0.4) is 0 Å². The molecule has 0 amide bonds. The van der Waals surface area contributed by atoms with E-state index in [4.69, 9.17) is 0 Å². The molecule has 1 aromatic heterocycles. The number of carbonyl (C=O) groups is 1. The Morgan fingerprint density at radius 1 is 1.60 bits per heavy atom. The van der Waals surface area contributed by atoms with E-state index in [-0.39, 0.29) is 5.12 Å². The minimum atomic E-state index is 0.163. The molecule has 0 radical (unpaired) electrons. The van der Waals surface area contributed by atoms with Crippen LogP contribution in [-0.2, 0) is 11.2 Å². The van der Waals surface area contributed by atoms with Gasteiger partial charge in [-0.3, -0.25) is 4.79 Å². The Balaban J connectivity index is 2.51. The Labute approximate surface area is 61.9 Å². The predicted octanol–water partition coefficient (Wildman–Crippen LogP) is 0.651. The molecular formula is C6H4N2OS. The number of rotatable bonds is 0. The highest BCUT2D eigenvalue weighted by molar-refractivity contribution is 8.14. The summed E-state index contributed by atoms with van der Waals surface area (Å²) in [5.74, 6) is 0. The van der Waals surface area contributed by atoms with Gasteiger partial charge in [0.05, 0.1) is 17.0 Å². The number of thioether (sulfide) groups is 1. The van der Waals surface area contributed by atoms with Gasteiger partial charge in [0.25, 0.3) is 0 Å². The quantitative estimate of drug-likeness (QED) is 0.547. The van der Waals surface area contributed by atoms with Crippen LogP contribution in [0.25, 0.3) is 0 Å². The van der Waals surface area contributed by atoms with Gasteiger partial charge in [-0.25, -0.2) is 9.97 Å². The van der Waals surface area contributed by atoms with Gasteiger partial charge in [-0.2, -0.15) is 0 Å². The molecule has 2 heterocycles. The third-order valence-electron chi connectivity index (χ3n) is 1.29. The smallest absolute Gasteiger partial charge is 0.199 e. The molecule has 1 aliphatic rings. The van der Waals surface area contributed by atoms with E-state index in [0.717, 1.165) is 10.6 Å². The van der Waals surface area contributed by atoms with Crippen molar-refractivity contribution in [3.05, 3.63) is 18.2 Å². The molecule has 0 atom stereocenters. The second-order valence-corrected chi connectivity index (χ2v) is 3.08. The normalized spacial score (nSPS) is 15.4. The molecule has 0 N–H and O–H groups in total. The van der Waals surface area contributed by atoms with Crippen molar-refractivity contribution >= 4 is 16.9 Å². The fourth-order valence-electron chi connectivity index (χ4n) is 0.856. The van der Waals surface area contributed by atoms with E-state index in [2.05, 4.69) is 9.97 Å². The van der Waals surface area contributed by atoms with Crippen LogP contribution < -0.4 is 0 Å². The molecule has 10 heavy (non-hydrogen) atoms. The molecule has 2 rings (SSSR count). The molecule has 4 heteroatoms. The first kappa shape index (κ1) is 5.85. The number of carbonyl (C=O) groups excluding carboxylic acids is 1. The largest absolute Gasteiger partial charge is 0.286 e. The molecule has 0 saturated heterocycles. The lowest BCUT2D eigenvalue weighted by Crippen LogP contribution is -1.89. The minimum absolute atomic E-state index is 0.163. The fourth-order valence-corrected chi connectivity index (χ4v) is 1.67. The van der Waals surface area contributed by atoms with Crippen LogP contribution >= 0.6 is 11.8 Å². The molecule has 1 aromatic rings. The Morgan fingerprint density at radius 2 is 2.50 bits per heavy atom. The molecule has 3 nitrogen and oxygen atoms in total. The van der Waals surface area contributed by atoms with E-state index in [1.165, 1.54) is 18.1 Å². The summed E-state index contributed by atoms with van der Waals surface area (Å²) in [5, 5.41) is 0.163. The number of nitrogens with zero attached hydrogens (tertiary/aromatic N) is 2. The SMILES string of the molecule is O=C1Cc2ncncc2S1. The van der Waals surface area contributed by atoms with Crippen molar-refractivity contribution in [1.29, 1.82) is 0 Å². The van der Waals surface area contributed by atoms with Gasteiger partial charge >= 0.3 is 0 Å². The summed E-state index contributed by atoms with van der Waals surface area (Å²) < 4.78 is 0. The van der Waals surface area contributed by atoms with Gasteiger partial charge in [0, 0.05) is 6.20 Å². The minimum Gasteiger partial charge on any atom is -0.286 e. The van der Waals surface area contributed by atoms with Crippen LogP contribution in [0.2, 0.25) is 0 Å². The summed E-state index contributed by atoms with van der Waals surface area (Å²) in [5.41, 5.74) is 0.866. The van der Waals surface area contributed by atoms with Gasteiger partial charge < -0.3 is 0 Å². The highest BCUT2D eigenvalue weighted by Crippen LogP contribution is 2.29. The van der Waals surface area contributed by atoms with Crippen molar-refractivity contribution in [2.24, 2.45) is 0 Å². The Bertz CT molecular complexity index is 260. The summed E-state index contributed by atoms with van der Waals surface area (Å²) >= 11 is 1.23. The van der Waals surface area contributed by atoms with Crippen LogP contribution in [0.5, 0.6) is 0 Å². The summed E-state index contributed by atoms with van der Waals surface area (Å²) in [7, 11) is 0. The second kappa shape index (κ2) is 2.05. The van der Waals surface area contributed by atoms with E-state index < -0.39 is 0 Å². The summed E-state index contributed by atoms with van der Waals surface area (Å²) in [6.45, 7) is 0. The maximum atomic E-state index is 10.8. The third-order valence-corrected chi connectivity index (χ3v) is 2.22. The molecule has 0 aliphatic carbocycles. The first-order valence-corrected chi connectivity index (χ1v) is 3.67. The number of hydrogen-bond donors (Lipinski definition) is 0. The van der Waals surface area contributed by atoms with Crippen molar-refractivity contribution in [3.8, 4) is 0 Å². The summed E-state index contributed by atoms with van der Waals surface area (Å²) in [6.07, 6.45) is 3.61. The predicted molar refractivity (Wildman–Crippen MR) is 36.6 cm³/mol. The van der Waals surface area contributed by atoms with E-state index in [1.54, 1.807) is 6.20 Å². The molecule has 0 fully saturated rings. The topological polar surface area (TPSA) is 42.9 Å². The lowest BCUT2D eigenvalue weighted by molar-refractivity contribution is -0.110. The van der Waals surface area contributed by atoms with Gasteiger partial charge in [0.15, 0.2) is 5.12 Å². The molecule has 0 unspecified atom stereocenters. The second-order valence-electron chi connectivity index (χ2n) is 1.98. The molecule has 1 aliphatic heterocycles. The monoisotopic (exact) mass is 152 g/mol. The van der Waals surface area contributed by atoms with Gasteiger partial charge in [-0.1, -0.05) is 0 Å². The molecule has 0 bridgehead atoms. The zero-order chi connectivity index (χ0) is 6.97. The van der Waals surface area contributed by atoms with Gasteiger partial charge in [0.2, 0.25) is 0 Å². The van der Waals surface area contributed by atoms with Crippen LogP contribution in [-0.4, -0.2) is 15.1 Å². The maximum Gasteiger partial charge on any atom is 0.199 e. The first-order chi connectivity index (χ1) is 4.86. The molecular weight excluding hydrogens is 148 g/mol. The summed E-state index contributed by atoms with van der Waals surface area (Å²) in [4.78, 5) is 19.5. The zero-order valence-electron chi connectivity index (χ0n) is 5.07. The highest BCUT2D eigenvalue weighted by atomic mass is 32.2. The average molecular weight is 152 g/mol. The standard InChI is InChI=1S/C6H4N2OS/c9-6-1-4-5(10-6)2-7-3-8-4/h2-3H,1H2. The van der Waals surface area contributed by atoms with Gasteiger partial charge in [-0.05, 0) is 11.8 Å². The van der Waals surface area contributed by atoms with Gasteiger partial charge in [-0.15, -0.1) is 0 Å². The van der Waals surface area contributed by atoms with E-state index in [0.29, 0.717) is 6.42 Å². The lowest BCUT2D eigenvalue weighted by Gasteiger charge is -1.88. The van der Waals surface area contributed by atoms with Crippen molar-refractivity contribution in [2.75, 3.05) is 0 Å². The van der Waals surface area contributed by atoms with Crippen LogP contribution in [0.15, 0.2) is 17.4 Å². The van der Waals surface area contributed by atoms with Crippen LogP contribution in [0.1, 0.15) is 5.69 Å². The van der Waals surface area contributed by atoms with E-state index in [1.807, 2.05) is 0 Å². The highest BCUT2D eigenvalue weighted by Gasteiger charge is 2.19. The van der Waals surface area contributed by atoms with E-state index in [9.17, 15) is 4.79 Å². The molecule has 0 saturated carbocycles. The molecule has 50 valence electrons. The number of fused-ring (bicyclic) bond motifs is 1. The van der Waals surface area contributed by atoms with Crippen molar-refractivity contribution in [2.45, 2.75) is 11.3 Å². The summed E-state index contributed by atoms with van der Waals surface area (Å²) in [6, 6.07) is 0. The third kappa shape index (κ3) is 0.806. The number of hydrogen-bond acceptors (Lipinski definition) is 4. The zero-order valence-corrected chi connectivity index (χ0v) is 5.89. The molecule has 0 spiro atoms. The van der Waals surface area contributed by atoms with Crippen molar-refractivity contribution < 1.29 is 4.79 Å². The first-order valence-electron chi connectivity index (χ1n) is 2.86. The lowest BCUT2D eigenvalue weighted by atomic mass is 10.3. The average Bonchev–Trinajstić information content (AvgIpc) is 2.27. The Kier molecular flexibility index (Phi) is 1.20. The maximum absolute atomic E-state index is 10.8. The fraction of sp³-hybridized carbons (Fsp3) is 0.167. The Morgan fingerprint density at radius 3 is 3.30 bits per heavy atom. The van der Waals surface area contributed by atoms with Crippen molar-refractivity contribution in [1.82, 2.24) is 9.97 Å². The van der Waals surface area contributed by atoms with Crippen molar-refractivity contribution in [3.63, 3.8) is 0 Å². The van der Waals surface area contributed by atoms with Crippen LogP contribution in [0.4, 0.5) is 0 Å². The van der Waals surface area contributed by atoms with Gasteiger partial charge in [0.1, 0.15) is 6.33 Å². The molecule has 0 aromatic carbocycles. The van der Waals surface area contributed by atoms with E-state index >= 15 is 0 Å². The number of aromatic nitrogens is 2. The van der Waals surface area contributed by atoms with Crippen LogP contribution in [0, 0.1) is 0 Å².